The second-order valence-electron chi connectivity index (χ2n) is 5.37. The summed E-state index contributed by atoms with van der Waals surface area (Å²) in [5.74, 6) is 2.32. The number of aliphatic hydroxyl groups excluding tert-OH is 1. The summed E-state index contributed by atoms with van der Waals surface area (Å²) in [5, 5.41) is 10.1. The summed E-state index contributed by atoms with van der Waals surface area (Å²) in [6.45, 7) is 8.15. The molecular weight excluding hydrogens is 332 g/mol. The lowest BCUT2D eigenvalue weighted by molar-refractivity contribution is 0.0604. The molecule has 2 rings (SSSR count). The van der Waals surface area contributed by atoms with Crippen LogP contribution in [0, 0.1) is 0 Å². The summed E-state index contributed by atoms with van der Waals surface area (Å²) in [5.41, 5.74) is 0. The van der Waals surface area contributed by atoms with Crippen LogP contribution in [-0.2, 0) is 0 Å². The van der Waals surface area contributed by atoms with Gasteiger partial charge in [-0.15, -0.1) is 0 Å². The van der Waals surface area contributed by atoms with Crippen LogP contribution >= 0.6 is 0 Å². The number of rotatable bonds is 12. The molecule has 5 nitrogen and oxygen atoms in total. The van der Waals surface area contributed by atoms with E-state index in [2.05, 4.69) is 13.2 Å². The fourth-order valence-corrected chi connectivity index (χ4v) is 2.09. The Bertz CT molecular complexity index is 639. The van der Waals surface area contributed by atoms with Crippen molar-refractivity contribution in [1.82, 2.24) is 0 Å². The van der Waals surface area contributed by atoms with E-state index in [0.29, 0.717) is 36.2 Å². The maximum absolute atomic E-state index is 10.1. The Kier molecular flexibility index (Phi) is 8.09. The normalized spacial score (nSPS) is 10.2. The van der Waals surface area contributed by atoms with Crippen molar-refractivity contribution in [3.8, 4) is 23.0 Å². The second-order valence-corrected chi connectivity index (χ2v) is 5.37. The van der Waals surface area contributed by atoms with Crippen LogP contribution in [0.1, 0.15) is 0 Å². The third kappa shape index (κ3) is 6.18. The molecule has 0 spiro atoms. The molecule has 0 aromatic heterocycles. The molecule has 0 unspecified atom stereocenters. The molecule has 0 aliphatic heterocycles. The molecule has 0 aliphatic carbocycles. The molecule has 0 saturated carbocycles. The summed E-state index contributed by atoms with van der Waals surface area (Å²) < 4.78 is 22.3. The van der Waals surface area contributed by atoms with Gasteiger partial charge in [0.1, 0.15) is 32.5 Å². The molecule has 5 heteroatoms. The molecule has 1 N–H and O–H groups in total. The van der Waals surface area contributed by atoms with E-state index in [-0.39, 0.29) is 13.2 Å². The summed E-state index contributed by atoms with van der Waals surface area (Å²) in [6, 6.07) is 14.5. The molecule has 0 radical (unpaired) electrons. The zero-order chi connectivity index (χ0) is 18.6. The maximum atomic E-state index is 10.1. The lowest BCUT2D eigenvalue weighted by Gasteiger charge is -2.17. The lowest BCUT2D eigenvalue weighted by atomic mass is 10.3. The smallest absolute Gasteiger partial charge is 0.161 e. The number of hydrogen-bond donors (Lipinski definition) is 1. The molecule has 0 amide bonds. The van der Waals surface area contributed by atoms with Crippen LogP contribution < -0.4 is 18.9 Å². The second kappa shape index (κ2) is 10.8. The minimum Gasteiger partial charge on any atom is -0.487 e. The van der Waals surface area contributed by atoms with E-state index in [4.69, 9.17) is 18.9 Å². The molecule has 138 valence electrons. The van der Waals surface area contributed by atoms with Gasteiger partial charge in [-0.05, 0) is 24.3 Å². The third-order valence-corrected chi connectivity index (χ3v) is 3.27. The van der Waals surface area contributed by atoms with Gasteiger partial charge in [-0.1, -0.05) is 49.6 Å². The van der Waals surface area contributed by atoms with Gasteiger partial charge < -0.3 is 24.1 Å². The van der Waals surface area contributed by atoms with Gasteiger partial charge in [0.2, 0.25) is 0 Å². The summed E-state index contributed by atoms with van der Waals surface area (Å²) in [6.07, 6.45) is 2.51. The van der Waals surface area contributed by atoms with Gasteiger partial charge in [-0.3, -0.25) is 0 Å². The summed E-state index contributed by atoms with van der Waals surface area (Å²) in [7, 11) is 0. The van der Waals surface area contributed by atoms with E-state index in [9.17, 15) is 5.11 Å². The first kappa shape index (κ1) is 19.4. The van der Waals surface area contributed by atoms with Crippen LogP contribution in [0.4, 0.5) is 0 Å². The first-order valence-corrected chi connectivity index (χ1v) is 8.33. The van der Waals surface area contributed by atoms with Crippen molar-refractivity contribution in [2.24, 2.45) is 0 Å². The van der Waals surface area contributed by atoms with Crippen molar-refractivity contribution < 1.29 is 24.1 Å². The van der Waals surface area contributed by atoms with E-state index in [1.54, 1.807) is 36.4 Å². The van der Waals surface area contributed by atoms with Crippen LogP contribution in [0.2, 0.25) is 0 Å². The Morgan fingerprint density at radius 1 is 0.692 bits per heavy atom. The molecule has 0 atom stereocenters. The molecule has 0 saturated heterocycles. The zero-order valence-corrected chi connectivity index (χ0v) is 14.7. The third-order valence-electron chi connectivity index (χ3n) is 3.27. The maximum Gasteiger partial charge on any atom is 0.161 e. The van der Waals surface area contributed by atoms with Crippen LogP contribution in [0.25, 0.3) is 0 Å². The fourth-order valence-electron chi connectivity index (χ4n) is 2.09. The van der Waals surface area contributed by atoms with Crippen LogP contribution in [0.5, 0.6) is 23.0 Å². The van der Waals surface area contributed by atoms with E-state index in [1.165, 1.54) is 0 Å². The first-order valence-electron chi connectivity index (χ1n) is 8.33. The minimum absolute atomic E-state index is 0.0736. The zero-order valence-electron chi connectivity index (χ0n) is 14.7. The quantitative estimate of drug-likeness (QED) is 0.589. The van der Waals surface area contributed by atoms with Gasteiger partial charge in [-0.2, -0.15) is 0 Å². The van der Waals surface area contributed by atoms with E-state index in [0.717, 1.165) is 0 Å². The Morgan fingerprint density at radius 2 is 1.04 bits per heavy atom. The number of benzene rings is 2. The van der Waals surface area contributed by atoms with E-state index < -0.39 is 6.10 Å². The van der Waals surface area contributed by atoms with Crippen molar-refractivity contribution in [1.29, 1.82) is 0 Å². The number of aliphatic hydroxyl groups is 1. The van der Waals surface area contributed by atoms with E-state index in [1.807, 2.05) is 24.3 Å². The predicted molar refractivity (Wildman–Crippen MR) is 101 cm³/mol. The average molecular weight is 356 g/mol. The molecule has 2 aromatic rings. The Balaban J connectivity index is 1.85. The van der Waals surface area contributed by atoms with Gasteiger partial charge in [0.15, 0.2) is 23.0 Å². The fraction of sp³-hybridized carbons (Fsp3) is 0.238. The number of para-hydroxylation sites is 4. The van der Waals surface area contributed by atoms with Crippen molar-refractivity contribution in [2.75, 3.05) is 26.4 Å². The van der Waals surface area contributed by atoms with Crippen molar-refractivity contribution in [3.05, 3.63) is 73.8 Å². The van der Waals surface area contributed by atoms with Gasteiger partial charge in [-0.25, -0.2) is 0 Å². The Hall–Kier alpha value is -2.92. The van der Waals surface area contributed by atoms with Crippen molar-refractivity contribution in [2.45, 2.75) is 6.10 Å². The number of ether oxygens (including phenoxy) is 4. The first-order chi connectivity index (χ1) is 12.7. The molecule has 0 heterocycles. The van der Waals surface area contributed by atoms with Crippen LogP contribution in [-0.4, -0.2) is 37.6 Å². The van der Waals surface area contributed by atoms with Crippen molar-refractivity contribution in [3.63, 3.8) is 0 Å². The molecular formula is C21H24O5. The van der Waals surface area contributed by atoms with Gasteiger partial charge >= 0.3 is 0 Å². The molecule has 26 heavy (non-hydrogen) atoms. The van der Waals surface area contributed by atoms with Crippen LogP contribution in [0.3, 0.4) is 0 Å². The highest BCUT2D eigenvalue weighted by Gasteiger charge is 2.11. The SMILES string of the molecule is C=CCOc1ccccc1OCC(O)COc1ccccc1OCC=C. The monoisotopic (exact) mass is 356 g/mol. The van der Waals surface area contributed by atoms with Crippen LogP contribution in [0.15, 0.2) is 73.8 Å². The largest absolute Gasteiger partial charge is 0.487 e. The minimum atomic E-state index is -0.810. The highest BCUT2D eigenvalue weighted by atomic mass is 16.5. The molecule has 0 fully saturated rings. The predicted octanol–water partition coefficient (Wildman–Crippen LogP) is 3.63. The van der Waals surface area contributed by atoms with Gasteiger partial charge in [0.05, 0.1) is 0 Å². The van der Waals surface area contributed by atoms with Gasteiger partial charge in [0.25, 0.3) is 0 Å². The van der Waals surface area contributed by atoms with E-state index >= 15 is 0 Å². The highest BCUT2D eigenvalue weighted by molar-refractivity contribution is 5.40. The molecule has 2 aromatic carbocycles. The summed E-state index contributed by atoms with van der Waals surface area (Å²) >= 11 is 0. The molecule has 0 bridgehead atoms. The topological polar surface area (TPSA) is 57.2 Å². The molecule has 0 aliphatic rings. The lowest BCUT2D eigenvalue weighted by Crippen LogP contribution is -2.25. The highest BCUT2D eigenvalue weighted by Crippen LogP contribution is 2.28. The standard InChI is InChI=1S/C21H24O5/c1-3-13-23-18-9-5-7-11-20(18)25-15-17(22)16-26-21-12-8-6-10-19(21)24-14-4-2/h3-12,17,22H,1-2,13-16H2. The van der Waals surface area contributed by atoms with Gasteiger partial charge in [0, 0.05) is 0 Å². The average Bonchev–Trinajstić information content (AvgIpc) is 2.68. The van der Waals surface area contributed by atoms with Crippen molar-refractivity contribution >= 4 is 0 Å². The summed E-state index contributed by atoms with van der Waals surface area (Å²) in [4.78, 5) is 0. The number of hydrogen-bond acceptors (Lipinski definition) is 5. The Labute approximate surface area is 154 Å². The Morgan fingerprint density at radius 3 is 1.38 bits per heavy atom.